The summed E-state index contributed by atoms with van der Waals surface area (Å²) in [6.07, 6.45) is 0. The van der Waals surface area contributed by atoms with Gasteiger partial charge in [-0.25, -0.2) is 0 Å². The van der Waals surface area contributed by atoms with Gasteiger partial charge in [0, 0.05) is 10.8 Å². The SMILES string of the molecule is c1c2c(cc3c1c1c(c4cc5c(cc43)COC5)OCO1)COC2. The van der Waals surface area contributed by atoms with E-state index in [0.717, 1.165) is 22.3 Å². The van der Waals surface area contributed by atoms with E-state index < -0.39 is 0 Å². The van der Waals surface area contributed by atoms with Gasteiger partial charge >= 0.3 is 0 Å². The number of benzene rings is 3. The van der Waals surface area contributed by atoms with Crippen LogP contribution in [0.2, 0.25) is 0 Å². The van der Waals surface area contributed by atoms with Crippen molar-refractivity contribution in [2.45, 2.75) is 26.4 Å². The van der Waals surface area contributed by atoms with E-state index in [1.807, 2.05) is 0 Å². The van der Waals surface area contributed by atoms with Gasteiger partial charge in [0.2, 0.25) is 6.79 Å². The molecule has 0 saturated heterocycles. The van der Waals surface area contributed by atoms with Crippen LogP contribution in [0, 0.1) is 0 Å². The van der Waals surface area contributed by atoms with E-state index in [-0.39, 0.29) is 6.79 Å². The van der Waals surface area contributed by atoms with Gasteiger partial charge in [-0.1, -0.05) is 0 Å². The summed E-state index contributed by atoms with van der Waals surface area (Å²) < 4.78 is 22.8. The third-order valence-corrected chi connectivity index (χ3v) is 5.10. The molecule has 0 saturated carbocycles. The van der Waals surface area contributed by atoms with Gasteiger partial charge in [-0.2, -0.15) is 0 Å². The summed E-state index contributed by atoms with van der Waals surface area (Å²) in [4.78, 5) is 0. The predicted octanol–water partition coefficient (Wildman–Crippen LogP) is 3.78. The molecule has 0 aliphatic carbocycles. The standard InChI is InChI=1S/C19H14O4/c1-10-5-20-7-12(10)3-16-14(1)15-2-11-6-21-8-13(11)4-17(15)19-18(16)22-9-23-19/h1-4H,5-9H2. The Labute approximate surface area is 132 Å². The summed E-state index contributed by atoms with van der Waals surface area (Å²) >= 11 is 0. The number of hydrogen-bond donors (Lipinski definition) is 0. The van der Waals surface area contributed by atoms with Crippen LogP contribution in [0.1, 0.15) is 22.3 Å². The Morgan fingerprint density at radius 2 is 0.913 bits per heavy atom. The highest BCUT2D eigenvalue weighted by molar-refractivity contribution is 6.14. The van der Waals surface area contributed by atoms with Crippen LogP contribution in [-0.4, -0.2) is 6.79 Å². The summed E-state index contributed by atoms with van der Waals surface area (Å²) in [7, 11) is 0. The quantitative estimate of drug-likeness (QED) is 0.592. The van der Waals surface area contributed by atoms with Crippen molar-refractivity contribution in [2.24, 2.45) is 0 Å². The molecule has 0 atom stereocenters. The third-order valence-electron chi connectivity index (χ3n) is 5.10. The molecule has 3 aliphatic rings. The molecule has 3 aliphatic heterocycles. The Bertz CT molecular complexity index is 925. The van der Waals surface area contributed by atoms with Crippen molar-refractivity contribution in [3.8, 4) is 11.5 Å². The Kier molecular flexibility index (Phi) is 2.20. The van der Waals surface area contributed by atoms with E-state index in [1.165, 1.54) is 33.0 Å². The molecule has 0 amide bonds. The van der Waals surface area contributed by atoms with Crippen molar-refractivity contribution in [1.29, 1.82) is 0 Å². The molecule has 23 heavy (non-hydrogen) atoms. The van der Waals surface area contributed by atoms with Gasteiger partial charge in [0.15, 0.2) is 11.5 Å². The molecule has 3 aromatic rings. The summed E-state index contributed by atoms with van der Waals surface area (Å²) in [5.41, 5.74) is 5.04. The average molecular weight is 306 g/mol. The second-order valence-electron chi connectivity index (χ2n) is 6.38. The summed E-state index contributed by atoms with van der Waals surface area (Å²) in [6.45, 7) is 3.02. The molecule has 0 unspecified atom stereocenters. The highest BCUT2D eigenvalue weighted by atomic mass is 16.7. The minimum absolute atomic E-state index is 0.282. The van der Waals surface area contributed by atoms with Crippen molar-refractivity contribution in [2.75, 3.05) is 6.79 Å². The highest BCUT2D eigenvalue weighted by Crippen LogP contribution is 2.48. The normalized spacial score (nSPS) is 17.9. The van der Waals surface area contributed by atoms with Crippen LogP contribution < -0.4 is 9.47 Å². The third kappa shape index (κ3) is 1.52. The van der Waals surface area contributed by atoms with Gasteiger partial charge in [-0.3, -0.25) is 0 Å². The molecule has 3 aromatic carbocycles. The maximum Gasteiger partial charge on any atom is 0.231 e. The number of rotatable bonds is 0. The van der Waals surface area contributed by atoms with Crippen LogP contribution in [-0.2, 0) is 35.9 Å². The fraction of sp³-hybridized carbons (Fsp3) is 0.263. The number of fused-ring (bicyclic) bond motifs is 8. The van der Waals surface area contributed by atoms with E-state index in [0.29, 0.717) is 26.4 Å². The van der Waals surface area contributed by atoms with Gasteiger partial charge in [0.1, 0.15) is 0 Å². The topological polar surface area (TPSA) is 36.9 Å². The van der Waals surface area contributed by atoms with E-state index in [2.05, 4.69) is 24.3 Å². The van der Waals surface area contributed by atoms with Gasteiger partial charge in [0.05, 0.1) is 26.4 Å². The van der Waals surface area contributed by atoms with Crippen LogP contribution in [0.5, 0.6) is 11.5 Å². The number of hydrogen-bond acceptors (Lipinski definition) is 4. The van der Waals surface area contributed by atoms with Crippen LogP contribution >= 0.6 is 0 Å². The van der Waals surface area contributed by atoms with Gasteiger partial charge in [-0.05, 0) is 57.3 Å². The van der Waals surface area contributed by atoms with Crippen LogP contribution in [0.4, 0.5) is 0 Å². The number of ether oxygens (including phenoxy) is 4. The molecular formula is C19H14O4. The Morgan fingerprint density at radius 1 is 0.522 bits per heavy atom. The molecule has 0 spiro atoms. The van der Waals surface area contributed by atoms with Crippen molar-refractivity contribution in [3.05, 3.63) is 46.5 Å². The fourth-order valence-corrected chi connectivity index (χ4v) is 3.96. The lowest BCUT2D eigenvalue weighted by atomic mass is 9.93. The average Bonchev–Trinajstić information content (AvgIpc) is 3.30. The lowest BCUT2D eigenvalue weighted by Gasteiger charge is -2.12. The molecule has 4 nitrogen and oxygen atoms in total. The first-order valence-corrected chi connectivity index (χ1v) is 7.86. The minimum Gasteiger partial charge on any atom is -0.453 e. The Balaban J connectivity index is 1.82. The van der Waals surface area contributed by atoms with Crippen LogP contribution in [0.3, 0.4) is 0 Å². The zero-order valence-corrected chi connectivity index (χ0v) is 12.5. The summed E-state index contributed by atoms with van der Waals surface area (Å²) in [5.74, 6) is 1.72. The maximum atomic E-state index is 5.80. The second-order valence-corrected chi connectivity index (χ2v) is 6.38. The zero-order valence-electron chi connectivity index (χ0n) is 12.5. The Hall–Kier alpha value is -2.30. The summed E-state index contributed by atoms with van der Waals surface area (Å²) in [5, 5.41) is 4.66. The molecule has 0 fully saturated rings. The molecule has 6 rings (SSSR count). The predicted molar refractivity (Wildman–Crippen MR) is 84.6 cm³/mol. The van der Waals surface area contributed by atoms with Crippen molar-refractivity contribution < 1.29 is 18.9 Å². The molecule has 0 radical (unpaired) electrons. The lowest BCUT2D eigenvalue weighted by Crippen LogP contribution is -1.93. The molecule has 0 N–H and O–H groups in total. The van der Waals surface area contributed by atoms with Crippen molar-refractivity contribution in [1.82, 2.24) is 0 Å². The fourth-order valence-electron chi connectivity index (χ4n) is 3.96. The van der Waals surface area contributed by atoms with Gasteiger partial charge in [0.25, 0.3) is 0 Å². The van der Waals surface area contributed by atoms with Crippen molar-refractivity contribution in [3.63, 3.8) is 0 Å². The molecule has 3 heterocycles. The monoisotopic (exact) mass is 306 g/mol. The molecule has 0 bridgehead atoms. The largest absolute Gasteiger partial charge is 0.453 e. The van der Waals surface area contributed by atoms with E-state index >= 15 is 0 Å². The minimum atomic E-state index is 0.282. The molecule has 4 heteroatoms. The highest BCUT2D eigenvalue weighted by Gasteiger charge is 2.26. The molecule has 114 valence electrons. The zero-order chi connectivity index (χ0) is 15.0. The van der Waals surface area contributed by atoms with E-state index in [4.69, 9.17) is 18.9 Å². The summed E-state index contributed by atoms with van der Waals surface area (Å²) in [6, 6.07) is 8.91. The first-order chi connectivity index (χ1) is 11.4. The maximum absolute atomic E-state index is 5.80. The molecule has 0 aromatic heterocycles. The lowest BCUT2D eigenvalue weighted by molar-refractivity contribution is 0.134. The van der Waals surface area contributed by atoms with Crippen molar-refractivity contribution >= 4 is 21.5 Å². The Morgan fingerprint density at radius 3 is 1.35 bits per heavy atom. The van der Waals surface area contributed by atoms with Crippen LogP contribution in [0.25, 0.3) is 21.5 Å². The molecular weight excluding hydrogens is 292 g/mol. The van der Waals surface area contributed by atoms with Gasteiger partial charge < -0.3 is 18.9 Å². The van der Waals surface area contributed by atoms with Crippen LogP contribution in [0.15, 0.2) is 24.3 Å². The first-order valence-electron chi connectivity index (χ1n) is 7.86. The van der Waals surface area contributed by atoms with E-state index in [9.17, 15) is 0 Å². The first kappa shape index (κ1) is 12.2. The second kappa shape index (κ2) is 4.16. The smallest absolute Gasteiger partial charge is 0.231 e. The van der Waals surface area contributed by atoms with E-state index in [1.54, 1.807) is 0 Å². The van der Waals surface area contributed by atoms with Gasteiger partial charge in [-0.15, -0.1) is 0 Å².